The van der Waals surface area contributed by atoms with Gasteiger partial charge in [-0.1, -0.05) is 6.42 Å². The highest BCUT2D eigenvalue weighted by Gasteiger charge is 2.17. The Morgan fingerprint density at radius 1 is 0.895 bits per heavy atom. The average Bonchev–Trinajstić information content (AvgIpc) is 2.12. The fourth-order valence-corrected chi connectivity index (χ4v) is 2.51. The van der Waals surface area contributed by atoms with Gasteiger partial charge >= 0.3 is 0 Å². The fraction of sp³-hybridized carbons (Fsp3) is 1.00. The fourth-order valence-electron chi connectivity index (χ4n) is 2.51. The average molecular weight is 272 g/mol. The molecule has 4 N–H and O–H groups in total. The number of nitrogens with zero attached hydrogens (tertiary/aromatic N) is 2. The topological polar surface area (TPSA) is 58.5 Å². The van der Waals surface area contributed by atoms with Gasteiger partial charge in [0.1, 0.15) is 0 Å². The minimum Gasteiger partial charge on any atom is -0.324 e. The second-order valence-electron chi connectivity index (χ2n) is 7.55. The Hall–Kier alpha value is -0.160. The minimum absolute atomic E-state index is 0.0165. The summed E-state index contributed by atoms with van der Waals surface area (Å²) in [6.45, 7) is 12.7. The predicted molar refractivity (Wildman–Crippen MR) is 85.4 cm³/mol. The number of likely N-dealkylation sites (tertiary alicyclic amines) is 1. The van der Waals surface area contributed by atoms with E-state index in [0.29, 0.717) is 0 Å². The lowest BCUT2D eigenvalue weighted by Crippen LogP contribution is -2.46. The van der Waals surface area contributed by atoms with Crippen molar-refractivity contribution < 1.29 is 0 Å². The number of likely N-dealkylation sites (N-methyl/N-ethyl adjacent to an activating group) is 1. The van der Waals surface area contributed by atoms with E-state index in [0.717, 1.165) is 13.1 Å². The summed E-state index contributed by atoms with van der Waals surface area (Å²) in [4.78, 5) is 4.56. The summed E-state index contributed by atoms with van der Waals surface area (Å²) in [6.07, 6.45) is 4.12. The molecule has 1 fully saturated rings. The lowest BCUT2D eigenvalue weighted by molar-refractivity contribution is 0.192. The SMILES string of the molecule is CC(C)(N)CN1CCCCC1.CN(C)CC(C)(C)N. The Labute approximate surface area is 120 Å². The molecule has 1 aliphatic rings. The predicted octanol–water partition coefficient (Wildman–Crippen LogP) is 1.49. The third-order valence-corrected chi connectivity index (χ3v) is 2.80. The second-order valence-corrected chi connectivity index (χ2v) is 7.55. The van der Waals surface area contributed by atoms with Gasteiger partial charge in [-0.2, -0.15) is 0 Å². The van der Waals surface area contributed by atoms with Crippen LogP contribution in [0.25, 0.3) is 0 Å². The van der Waals surface area contributed by atoms with Gasteiger partial charge < -0.3 is 21.3 Å². The molecule has 19 heavy (non-hydrogen) atoms. The summed E-state index contributed by atoms with van der Waals surface area (Å²) in [5.74, 6) is 0. The van der Waals surface area contributed by atoms with Crippen LogP contribution in [0.3, 0.4) is 0 Å². The van der Waals surface area contributed by atoms with E-state index in [1.807, 2.05) is 27.9 Å². The molecule has 0 amide bonds. The van der Waals surface area contributed by atoms with E-state index in [-0.39, 0.29) is 11.1 Å². The second kappa shape index (κ2) is 8.20. The Morgan fingerprint density at radius 2 is 1.37 bits per heavy atom. The molecule has 0 bridgehead atoms. The molecular formula is C15H36N4. The molecule has 1 saturated heterocycles. The van der Waals surface area contributed by atoms with Crippen molar-refractivity contribution in [1.29, 1.82) is 0 Å². The van der Waals surface area contributed by atoms with E-state index in [9.17, 15) is 0 Å². The summed E-state index contributed by atoms with van der Waals surface area (Å²) in [7, 11) is 4.04. The molecule has 0 aromatic carbocycles. The quantitative estimate of drug-likeness (QED) is 0.814. The summed E-state index contributed by atoms with van der Waals surface area (Å²) in [5.41, 5.74) is 11.6. The maximum atomic E-state index is 5.92. The van der Waals surface area contributed by atoms with E-state index in [1.165, 1.54) is 32.4 Å². The van der Waals surface area contributed by atoms with Gasteiger partial charge in [-0.3, -0.25) is 0 Å². The van der Waals surface area contributed by atoms with Crippen molar-refractivity contribution in [3.63, 3.8) is 0 Å². The molecule has 0 aromatic rings. The van der Waals surface area contributed by atoms with Crippen LogP contribution in [0.2, 0.25) is 0 Å². The lowest BCUT2D eigenvalue weighted by Gasteiger charge is -2.32. The number of hydrogen-bond acceptors (Lipinski definition) is 4. The molecule has 1 aliphatic heterocycles. The first-order valence-electron chi connectivity index (χ1n) is 7.44. The molecule has 0 unspecified atom stereocenters. The van der Waals surface area contributed by atoms with Gasteiger partial charge in [-0.05, 0) is 67.7 Å². The van der Waals surface area contributed by atoms with Crippen LogP contribution in [0.5, 0.6) is 0 Å². The van der Waals surface area contributed by atoms with Crippen molar-refractivity contribution in [1.82, 2.24) is 9.80 Å². The molecule has 116 valence electrons. The first kappa shape index (κ1) is 18.8. The standard InChI is InChI=1S/C9H20N2.C6H16N2/c1-9(2,10)8-11-6-4-3-5-7-11;1-6(2,7)5-8(3)4/h3-8,10H2,1-2H3;5,7H2,1-4H3. The monoisotopic (exact) mass is 272 g/mol. The summed E-state index contributed by atoms with van der Waals surface area (Å²) >= 11 is 0. The highest BCUT2D eigenvalue weighted by atomic mass is 15.1. The van der Waals surface area contributed by atoms with Crippen LogP contribution >= 0.6 is 0 Å². The van der Waals surface area contributed by atoms with Crippen LogP contribution in [0.4, 0.5) is 0 Å². The van der Waals surface area contributed by atoms with Gasteiger partial charge in [0.15, 0.2) is 0 Å². The number of piperidine rings is 1. The summed E-state index contributed by atoms with van der Waals surface area (Å²) < 4.78 is 0. The van der Waals surface area contributed by atoms with E-state index < -0.39 is 0 Å². The van der Waals surface area contributed by atoms with E-state index in [1.54, 1.807) is 0 Å². The molecule has 1 rings (SSSR count). The number of rotatable bonds is 4. The molecule has 0 radical (unpaired) electrons. The van der Waals surface area contributed by atoms with Gasteiger partial charge in [0.25, 0.3) is 0 Å². The molecule has 0 saturated carbocycles. The highest BCUT2D eigenvalue weighted by Crippen LogP contribution is 2.11. The van der Waals surface area contributed by atoms with E-state index >= 15 is 0 Å². The molecule has 0 aliphatic carbocycles. The zero-order valence-electron chi connectivity index (χ0n) is 14.0. The zero-order valence-corrected chi connectivity index (χ0v) is 14.0. The first-order valence-corrected chi connectivity index (χ1v) is 7.44. The largest absolute Gasteiger partial charge is 0.324 e. The van der Waals surface area contributed by atoms with Crippen molar-refractivity contribution in [3.8, 4) is 0 Å². The lowest BCUT2D eigenvalue weighted by atomic mass is 10.0. The van der Waals surface area contributed by atoms with Gasteiger partial charge in [0.2, 0.25) is 0 Å². The third-order valence-electron chi connectivity index (χ3n) is 2.80. The Kier molecular flexibility index (Phi) is 8.13. The zero-order chi connectivity index (χ0) is 15.1. The maximum absolute atomic E-state index is 5.92. The highest BCUT2D eigenvalue weighted by molar-refractivity contribution is 4.78. The molecular weight excluding hydrogens is 236 g/mol. The Bertz CT molecular complexity index is 219. The van der Waals surface area contributed by atoms with Crippen LogP contribution in [0.15, 0.2) is 0 Å². The summed E-state index contributed by atoms with van der Waals surface area (Å²) in [6, 6.07) is 0. The summed E-state index contributed by atoms with van der Waals surface area (Å²) in [5, 5.41) is 0. The van der Waals surface area contributed by atoms with Gasteiger partial charge in [-0.25, -0.2) is 0 Å². The van der Waals surface area contributed by atoms with Crippen molar-refractivity contribution >= 4 is 0 Å². The normalized spacial score (nSPS) is 18.2. The van der Waals surface area contributed by atoms with Crippen LogP contribution in [-0.2, 0) is 0 Å². The van der Waals surface area contributed by atoms with Crippen molar-refractivity contribution in [2.45, 2.75) is 58.0 Å². The van der Waals surface area contributed by atoms with Crippen molar-refractivity contribution in [2.75, 3.05) is 40.3 Å². The Morgan fingerprint density at radius 3 is 1.63 bits per heavy atom. The Balaban J connectivity index is 0.000000362. The third kappa shape index (κ3) is 14.1. The number of hydrogen-bond donors (Lipinski definition) is 2. The number of nitrogens with two attached hydrogens (primary N) is 2. The minimum atomic E-state index is -0.0521. The molecule has 4 heteroatoms. The van der Waals surface area contributed by atoms with Crippen molar-refractivity contribution in [3.05, 3.63) is 0 Å². The van der Waals surface area contributed by atoms with Crippen molar-refractivity contribution in [2.24, 2.45) is 11.5 Å². The molecule has 4 nitrogen and oxygen atoms in total. The molecule has 1 heterocycles. The van der Waals surface area contributed by atoms with E-state index in [2.05, 4.69) is 23.6 Å². The first-order chi connectivity index (χ1) is 8.49. The van der Waals surface area contributed by atoms with E-state index in [4.69, 9.17) is 11.5 Å². The van der Waals surface area contributed by atoms with Crippen LogP contribution < -0.4 is 11.5 Å². The van der Waals surface area contributed by atoms with Gasteiger partial charge in [0, 0.05) is 24.2 Å². The van der Waals surface area contributed by atoms with Crippen LogP contribution in [0, 0.1) is 0 Å². The molecule has 0 spiro atoms. The smallest absolute Gasteiger partial charge is 0.0226 e. The van der Waals surface area contributed by atoms with Crippen LogP contribution in [-0.4, -0.2) is 61.2 Å². The molecule has 0 aromatic heterocycles. The van der Waals surface area contributed by atoms with Gasteiger partial charge in [-0.15, -0.1) is 0 Å². The maximum Gasteiger partial charge on any atom is 0.0226 e. The molecule has 0 atom stereocenters. The van der Waals surface area contributed by atoms with Gasteiger partial charge in [0.05, 0.1) is 0 Å². The van der Waals surface area contributed by atoms with Crippen LogP contribution in [0.1, 0.15) is 47.0 Å².